The second kappa shape index (κ2) is 5.19. The van der Waals surface area contributed by atoms with E-state index in [1.807, 2.05) is 0 Å². The standard InChI is InChI=1S/C13H25NO3S/c1-11(15)14-13(8-6-5-7-9-13)10-18(16,17)12(2,3)4/h5-10H2,1-4H3,(H,14,15). The van der Waals surface area contributed by atoms with Crippen molar-refractivity contribution in [2.75, 3.05) is 5.75 Å². The van der Waals surface area contributed by atoms with E-state index in [1.54, 1.807) is 20.8 Å². The van der Waals surface area contributed by atoms with E-state index in [1.165, 1.54) is 6.92 Å². The van der Waals surface area contributed by atoms with E-state index in [2.05, 4.69) is 5.32 Å². The number of sulfone groups is 1. The summed E-state index contributed by atoms with van der Waals surface area (Å²) in [5.41, 5.74) is -0.545. The number of rotatable bonds is 3. The van der Waals surface area contributed by atoms with Crippen LogP contribution in [0.2, 0.25) is 0 Å². The number of amides is 1. The van der Waals surface area contributed by atoms with Gasteiger partial charge in [0.25, 0.3) is 0 Å². The third-order valence-electron chi connectivity index (χ3n) is 3.65. The Morgan fingerprint density at radius 3 is 2.06 bits per heavy atom. The van der Waals surface area contributed by atoms with E-state index in [-0.39, 0.29) is 11.7 Å². The van der Waals surface area contributed by atoms with Crippen molar-refractivity contribution < 1.29 is 13.2 Å². The predicted octanol–water partition coefficient (Wildman–Crippen LogP) is 2.04. The molecular weight excluding hydrogens is 250 g/mol. The maximum atomic E-state index is 12.4. The Kier molecular flexibility index (Phi) is 4.47. The van der Waals surface area contributed by atoms with E-state index < -0.39 is 20.1 Å². The molecule has 0 spiro atoms. The molecule has 0 aromatic carbocycles. The molecule has 1 aliphatic rings. The Morgan fingerprint density at radius 1 is 1.17 bits per heavy atom. The van der Waals surface area contributed by atoms with Crippen LogP contribution in [0.5, 0.6) is 0 Å². The van der Waals surface area contributed by atoms with Crippen LogP contribution in [-0.4, -0.2) is 30.4 Å². The highest BCUT2D eigenvalue weighted by Gasteiger charge is 2.41. The third kappa shape index (κ3) is 3.70. The minimum atomic E-state index is -3.22. The normalized spacial score (nSPS) is 20.4. The SMILES string of the molecule is CC(=O)NC1(CS(=O)(=O)C(C)(C)C)CCCCC1. The van der Waals surface area contributed by atoms with E-state index in [4.69, 9.17) is 0 Å². The molecule has 0 bridgehead atoms. The van der Waals surface area contributed by atoms with Crippen LogP contribution in [0, 0.1) is 0 Å². The molecule has 0 saturated heterocycles. The summed E-state index contributed by atoms with van der Waals surface area (Å²) in [6, 6.07) is 0. The van der Waals surface area contributed by atoms with Gasteiger partial charge in [0.2, 0.25) is 5.91 Å². The van der Waals surface area contributed by atoms with Crippen molar-refractivity contribution in [1.82, 2.24) is 5.32 Å². The van der Waals surface area contributed by atoms with E-state index in [0.717, 1.165) is 32.1 Å². The lowest BCUT2D eigenvalue weighted by molar-refractivity contribution is -0.121. The van der Waals surface area contributed by atoms with Crippen LogP contribution in [0.3, 0.4) is 0 Å². The molecule has 5 heteroatoms. The van der Waals surface area contributed by atoms with Gasteiger partial charge in [-0.3, -0.25) is 4.79 Å². The lowest BCUT2D eigenvalue weighted by Gasteiger charge is -2.39. The highest BCUT2D eigenvalue weighted by Crippen LogP contribution is 2.32. The van der Waals surface area contributed by atoms with Crippen molar-refractivity contribution in [2.24, 2.45) is 0 Å². The molecule has 1 saturated carbocycles. The zero-order valence-electron chi connectivity index (χ0n) is 11.9. The predicted molar refractivity (Wildman–Crippen MR) is 73.2 cm³/mol. The Labute approximate surface area is 110 Å². The van der Waals surface area contributed by atoms with Crippen LogP contribution in [0.15, 0.2) is 0 Å². The second-order valence-corrected chi connectivity index (χ2v) is 9.14. The molecule has 0 atom stereocenters. The topological polar surface area (TPSA) is 63.2 Å². The monoisotopic (exact) mass is 275 g/mol. The molecule has 0 heterocycles. The van der Waals surface area contributed by atoms with Gasteiger partial charge in [0.1, 0.15) is 0 Å². The smallest absolute Gasteiger partial charge is 0.217 e. The largest absolute Gasteiger partial charge is 0.350 e. The molecule has 106 valence electrons. The number of hydrogen-bond acceptors (Lipinski definition) is 3. The third-order valence-corrected chi connectivity index (χ3v) is 6.45. The molecular formula is C13H25NO3S. The minimum Gasteiger partial charge on any atom is -0.350 e. The van der Waals surface area contributed by atoms with Crippen LogP contribution in [-0.2, 0) is 14.6 Å². The Hall–Kier alpha value is -0.580. The molecule has 0 radical (unpaired) electrons. The Balaban J connectivity index is 2.95. The highest BCUT2D eigenvalue weighted by atomic mass is 32.2. The highest BCUT2D eigenvalue weighted by molar-refractivity contribution is 7.92. The first-order valence-corrected chi connectivity index (χ1v) is 8.24. The first-order valence-electron chi connectivity index (χ1n) is 6.59. The van der Waals surface area contributed by atoms with Gasteiger partial charge < -0.3 is 5.32 Å². The fourth-order valence-electron chi connectivity index (χ4n) is 2.49. The molecule has 1 aliphatic carbocycles. The first kappa shape index (κ1) is 15.5. The molecule has 1 N–H and O–H groups in total. The molecule has 0 aliphatic heterocycles. The molecule has 4 nitrogen and oxygen atoms in total. The van der Waals surface area contributed by atoms with E-state index in [9.17, 15) is 13.2 Å². The summed E-state index contributed by atoms with van der Waals surface area (Å²) < 4.78 is 23.9. The average molecular weight is 275 g/mol. The van der Waals surface area contributed by atoms with Crippen LogP contribution >= 0.6 is 0 Å². The van der Waals surface area contributed by atoms with Crippen LogP contribution in [0.4, 0.5) is 0 Å². The van der Waals surface area contributed by atoms with Crippen LogP contribution in [0.1, 0.15) is 59.8 Å². The molecule has 0 aromatic heterocycles. The zero-order valence-corrected chi connectivity index (χ0v) is 12.7. The molecule has 18 heavy (non-hydrogen) atoms. The first-order chi connectivity index (χ1) is 8.08. The summed E-state index contributed by atoms with van der Waals surface area (Å²) in [6.45, 7) is 6.60. The van der Waals surface area contributed by atoms with Crippen molar-refractivity contribution in [3.05, 3.63) is 0 Å². The van der Waals surface area contributed by atoms with Crippen LogP contribution < -0.4 is 5.32 Å². The van der Waals surface area contributed by atoms with E-state index in [0.29, 0.717) is 0 Å². The number of carbonyl (C=O) groups is 1. The Morgan fingerprint density at radius 2 is 1.67 bits per heavy atom. The van der Waals surface area contributed by atoms with Gasteiger partial charge in [-0.05, 0) is 33.6 Å². The molecule has 1 fully saturated rings. The fraction of sp³-hybridized carbons (Fsp3) is 0.923. The van der Waals surface area contributed by atoms with Gasteiger partial charge in [0.15, 0.2) is 9.84 Å². The summed E-state index contributed by atoms with van der Waals surface area (Å²) in [5, 5.41) is 2.91. The van der Waals surface area contributed by atoms with Gasteiger partial charge in [-0.15, -0.1) is 0 Å². The molecule has 0 unspecified atom stereocenters. The van der Waals surface area contributed by atoms with Gasteiger partial charge in [-0.25, -0.2) is 8.42 Å². The Bertz CT molecular complexity index is 400. The molecule has 1 rings (SSSR count). The minimum absolute atomic E-state index is 0.0586. The van der Waals surface area contributed by atoms with Gasteiger partial charge in [0, 0.05) is 6.92 Å². The van der Waals surface area contributed by atoms with Crippen molar-refractivity contribution in [1.29, 1.82) is 0 Å². The van der Waals surface area contributed by atoms with Crippen LogP contribution in [0.25, 0.3) is 0 Å². The quantitative estimate of drug-likeness (QED) is 0.857. The molecule has 1 amide bonds. The average Bonchev–Trinajstić information content (AvgIpc) is 2.14. The fourth-order valence-corrected chi connectivity index (χ4v) is 4.01. The zero-order chi connectivity index (χ0) is 14.0. The van der Waals surface area contributed by atoms with Gasteiger partial charge >= 0.3 is 0 Å². The van der Waals surface area contributed by atoms with Crippen molar-refractivity contribution >= 4 is 15.7 Å². The lowest BCUT2D eigenvalue weighted by atomic mass is 9.83. The summed E-state index contributed by atoms with van der Waals surface area (Å²) in [6.07, 6.45) is 4.63. The summed E-state index contributed by atoms with van der Waals surface area (Å²) in [5.74, 6) is -0.0793. The number of hydrogen-bond donors (Lipinski definition) is 1. The maximum absolute atomic E-state index is 12.4. The molecule has 0 aromatic rings. The van der Waals surface area contributed by atoms with Crippen molar-refractivity contribution in [3.8, 4) is 0 Å². The lowest BCUT2D eigenvalue weighted by Crippen LogP contribution is -2.55. The van der Waals surface area contributed by atoms with Gasteiger partial charge in [-0.2, -0.15) is 0 Å². The number of carbonyl (C=O) groups excluding carboxylic acids is 1. The van der Waals surface area contributed by atoms with Crippen molar-refractivity contribution in [3.63, 3.8) is 0 Å². The van der Waals surface area contributed by atoms with Gasteiger partial charge in [0.05, 0.1) is 16.0 Å². The summed E-state index contributed by atoms with van der Waals surface area (Å²) in [4.78, 5) is 11.3. The van der Waals surface area contributed by atoms with Gasteiger partial charge in [-0.1, -0.05) is 19.3 Å². The summed E-state index contributed by atoms with van der Waals surface area (Å²) in [7, 11) is -3.22. The van der Waals surface area contributed by atoms with Crippen molar-refractivity contribution in [2.45, 2.75) is 70.1 Å². The number of nitrogens with one attached hydrogen (secondary N) is 1. The van der Waals surface area contributed by atoms with E-state index >= 15 is 0 Å². The maximum Gasteiger partial charge on any atom is 0.217 e. The second-order valence-electron chi connectivity index (χ2n) is 6.39. The summed E-state index contributed by atoms with van der Waals surface area (Å²) >= 11 is 0.